The number of hydrogen-bond donors (Lipinski definition) is 4. The highest BCUT2D eigenvalue weighted by Gasteiger charge is 2.35. The number of hydrogen-bond acceptors (Lipinski definition) is 5. The van der Waals surface area contributed by atoms with Crippen LogP contribution in [0.1, 0.15) is 0 Å². The smallest absolute Gasteiger partial charge is 0.129 e. The van der Waals surface area contributed by atoms with E-state index in [9.17, 15) is 0 Å². The van der Waals surface area contributed by atoms with E-state index in [1.807, 2.05) is 0 Å². The van der Waals surface area contributed by atoms with Crippen molar-refractivity contribution in [2.45, 2.75) is 23.7 Å². The predicted octanol–water partition coefficient (Wildman–Crippen LogP) is -1.64. The van der Waals surface area contributed by atoms with Crippen LogP contribution in [0.15, 0.2) is 0 Å². The molecule has 4 nitrogen and oxygen atoms in total. The Morgan fingerprint density at radius 3 is 2.30 bits per heavy atom. The molecular weight excluding hydrogens is 156 g/mol. The van der Waals surface area contributed by atoms with Crippen molar-refractivity contribution in [3.05, 3.63) is 0 Å². The second kappa shape index (κ2) is 3.06. The Balaban J connectivity index is 2.52. The number of ether oxygens (including phenoxy) is 1. The molecule has 1 saturated heterocycles. The van der Waals surface area contributed by atoms with Gasteiger partial charge in [0, 0.05) is 0 Å². The van der Waals surface area contributed by atoms with Crippen molar-refractivity contribution in [3.63, 3.8) is 0 Å². The second-order valence-corrected chi connectivity index (χ2v) is 2.78. The summed E-state index contributed by atoms with van der Waals surface area (Å²) in [6, 6.07) is 0. The average molecular weight is 166 g/mol. The van der Waals surface area contributed by atoms with Gasteiger partial charge in [0.2, 0.25) is 0 Å². The van der Waals surface area contributed by atoms with Crippen molar-refractivity contribution in [2.75, 3.05) is 6.61 Å². The summed E-state index contributed by atoms with van der Waals surface area (Å²) in [7, 11) is 0. The van der Waals surface area contributed by atoms with E-state index in [0.29, 0.717) is 0 Å². The van der Waals surface area contributed by atoms with Crippen LogP contribution in [-0.2, 0) is 4.74 Å². The fourth-order valence-corrected chi connectivity index (χ4v) is 1.05. The molecule has 1 heterocycles. The Bertz CT molecular complexity index is 106. The Morgan fingerprint density at radius 1 is 1.20 bits per heavy atom. The Kier molecular flexibility index (Phi) is 2.54. The molecular formula is C5H10O4S. The Hall–Kier alpha value is 0.190. The number of aliphatic hydroxyl groups excluding tert-OH is 3. The van der Waals surface area contributed by atoms with Gasteiger partial charge >= 0.3 is 0 Å². The van der Waals surface area contributed by atoms with Gasteiger partial charge in [0.05, 0.1) is 6.61 Å². The molecule has 5 heteroatoms. The summed E-state index contributed by atoms with van der Waals surface area (Å²) < 4.78 is 4.78. The van der Waals surface area contributed by atoms with Crippen LogP contribution in [-0.4, -0.2) is 45.7 Å². The minimum Gasteiger partial charge on any atom is -0.388 e. The number of thiol groups is 1. The molecule has 0 bridgehead atoms. The maximum Gasteiger partial charge on any atom is 0.129 e. The fraction of sp³-hybridized carbons (Fsp3) is 1.00. The normalized spacial score (nSPS) is 49.2. The van der Waals surface area contributed by atoms with E-state index >= 15 is 0 Å². The van der Waals surface area contributed by atoms with Crippen LogP contribution in [0.5, 0.6) is 0 Å². The van der Waals surface area contributed by atoms with E-state index in [1.165, 1.54) is 0 Å². The lowest BCUT2D eigenvalue weighted by Gasteiger charge is -2.32. The monoisotopic (exact) mass is 166 g/mol. The lowest BCUT2D eigenvalue weighted by Crippen LogP contribution is -2.50. The van der Waals surface area contributed by atoms with E-state index in [0.717, 1.165) is 0 Å². The molecule has 4 atom stereocenters. The number of rotatable bonds is 0. The minimum atomic E-state index is -1.14. The maximum absolute atomic E-state index is 9.01. The number of aliphatic hydroxyl groups is 3. The van der Waals surface area contributed by atoms with Crippen molar-refractivity contribution in [2.24, 2.45) is 0 Å². The van der Waals surface area contributed by atoms with Gasteiger partial charge in [0.1, 0.15) is 23.7 Å². The predicted molar refractivity (Wildman–Crippen MR) is 36.7 cm³/mol. The molecule has 0 aromatic carbocycles. The first-order chi connectivity index (χ1) is 4.63. The van der Waals surface area contributed by atoms with Crippen molar-refractivity contribution >= 4 is 12.6 Å². The molecule has 0 amide bonds. The van der Waals surface area contributed by atoms with Gasteiger partial charge in [-0.3, -0.25) is 0 Å². The first-order valence-corrected chi connectivity index (χ1v) is 3.48. The molecule has 1 unspecified atom stereocenters. The molecule has 60 valence electrons. The van der Waals surface area contributed by atoms with Crippen molar-refractivity contribution in [1.29, 1.82) is 0 Å². The first-order valence-electron chi connectivity index (χ1n) is 2.97. The summed E-state index contributed by atoms with van der Waals surface area (Å²) in [5.74, 6) is 0. The van der Waals surface area contributed by atoms with Crippen molar-refractivity contribution < 1.29 is 20.1 Å². The zero-order chi connectivity index (χ0) is 7.72. The highest BCUT2D eigenvalue weighted by atomic mass is 32.1. The van der Waals surface area contributed by atoms with E-state index < -0.39 is 23.7 Å². The highest BCUT2D eigenvalue weighted by Crippen LogP contribution is 2.17. The van der Waals surface area contributed by atoms with E-state index in [-0.39, 0.29) is 6.61 Å². The van der Waals surface area contributed by atoms with Crippen LogP contribution < -0.4 is 0 Å². The van der Waals surface area contributed by atoms with Crippen LogP contribution in [0.25, 0.3) is 0 Å². The second-order valence-electron chi connectivity index (χ2n) is 2.27. The average Bonchev–Trinajstić information content (AvgIpc) is 1.93. The molecule has 0 saturated carbocycles. The SMILES string of the molecule is O[C@H]1[C@H](O)COC(S)[C@@H]1O. The molecule has 1 aliphatic rings. The first kappa shape index (κ1) is 8.29. The molecule has 0 aromatic heterocycles. The van der Waals surface area contributed by atoms with Gasteiger partial charge in [0.25, 0.3) is 0 Å². The third-order valence-electron chi connectivity index (χ3n) is 1.47. The quantitative estimate of drug-likeness (QED) is 0.326. The zero-order valence-corrected chi connectivity index (χ0v) is 6.11. The minimum absolute atomic E-state index is 0.0202. The van der Waals surface area contributed by atoms with E-state index in [1.54, 1.807) is 0 Å². The van der Waals surface area contributed by atoms with Gasteiger partial charge in [-0.1, -0.05) is 0 Å². The van der Waals surface area contributed by atoms with Crippen LogP contribution in [0.4, 0.5) is 0 Å². The molecule has 1 rings (SSSR count). The third kappa shape index (κ3) is 1.43. The van der Waals surface area contributed by atoms with Crippen LogP contribution in [0.3, 0.4) is 0 Å². The van der Waals surface area contributed by atoms with E-state index in [4.69, 9.17) is 20.1 Å². The van der Waals surface area contributed by atoms with E-state index in [2.05, 4.69) is 12.6 Å². The molecule has 1 fully saturated rings. The summed E-state index contributed by atoms with van der Waals surface area (Å²) in [5, 5.41) is 26.9. The molecule has 10 heavy (non-hydrogen) atoms. The van der Waals surface area contributed by atoms with Gasteiger partial charge < -0.3 is 20.1 Å². The van der Waals surface area contributed by atoms with Gasteiger partial charge in [-0.15, -0.1) is 12.6 Å². The van der Waals surface area contributed by atoms with Crippen LogP contribution in [0.2, 0.25) is 0 Å². The summed E-state index contributed by atoms with van der Waals surface area (Å²) in [4.78, 5) is 0. The summed E-state index contributed by atoms with van der Waals surface area (Å²) in [6.45, 7) is 0.0202. The van der Waals surface area contributed by atoms with Crippen LogP contribution in [0, 0.1) is 0 Å². The van der Waals surface area contributed by atoms with Gasteiger partial charge in [-0.05, 0) is 0 Å². The van der Waals surface area contributed by atoms with Crippen molar-refractivity contribution in [3.8, 4) is 0 Å². The zero-order valence-electron chi connectivity index (χ0n) is 5.21. The molecule has 0 radical (unpaired) electrons. The Labute approximate surface area is 63.8 Å². The maximum atomic E-state index is 9.01. The topological polar surface area (TPSA) is 69.9 Å². The summed E-state index contributed by atoms with van der Waals surface area (Å²) >= 11 is 3.81. The molecule has 0 aromatic rings. The van der Waals surface area contributed by atoms with Crippen molar-refractivity contribution in [1.82, 2.24) is 0 Å². The molecule has 0 aliphatic carbocycles. The highest BCUT2D eigenvalue weighted by molar-refractivity contribution is 7.80. The van der Waals surface area contributed by atoms with Gasteiger partial charge in [-0.2, -0.15) is 0 Å². The fourth-order valence-electron chi connectivity index (χ4n) is 0.791. The molecule has 1 aliphatic heterocycles. The lowest BCUT2D eigenvalue weighted by molar-refractivity contribution is -0.160. The molecule has 3 N–H and O–H groups in total. The van der Waals surface area contributed by atoms with Gasteiger partial charge in [0.15, 0.2) is 0 Å². The summed E-state index contributed by atoms with van der Waals surface area (Å²) in [5.41, 5.74) is -0.696. The Morgan fingerprint density at radius 2 is 1.80 bits per heavy atom. The largest absolute Gasteiger partial charge is 0.388 e. The van der Waals surface area contributed by atoms with Gasteiger partial charge in [-0.25, -0.2) is 0 Å². The third-order valence-corrected chi connectivity index (χ3v) is 1.93. The summed E-state index contributed by atoms with van der Waals surface area (Å²) in [6.07, 6.45) is -3.25. The standard InChI is InChI=1S/C5H10O4S/c6-2-1-9-5(10)4(8)3(2)7/h2-8,10H,1H2/t2-,3+,4-,5?/m1/s1. The molecule has 0 spiro atoms. The van der Waals surface area contributed by atoms with Crippen LogP contribution >= 0.6 is 12.6 Å². The lowest BCUT2D eigenvalue weighted by atomic mass is 10.1.